The van der Waals surface area contributed by atoms with Gasteiger partial charge in [0.2, 0.25) is 0 Å². The van der Waals surface area contributed by atoms with Crippen molar-refractivity contribution >= 4 is 22.3 Å². The van der Waals surface area contributed by atoms with Crippen molar-refractivity contribution < 1.29 is 4.74 Å². The predicted octanol–water partition coefficient (Wildman–Crippen LogP) is 13.8. The summed E-state index contributed by atoms with van der Waals surface area (Å²) in [5.41, 5.74) is 15.9. The lowest BCUT2D eigenvalue weighted by molar-refractivity contribution is 0.436. The minimum atomic E-state index is -0.517. The molecule has 1 N–H and O–H groups in total. The van der Waals surface area contributed by atoms with Crippen LogP contribution in [0.15, 0.2) is 223 Å². The van der Waals surface area contributed by atoms with Crippen LogP contribution in [0.5, 0.6) is 11.5 Å². The summed E-state index contributed by atoms with van der Waals surface area (Å²) in [6.45, 7) is 0. The van der Waals surface area contributed by atoms with Gasteiger partial charge in [0.05, 0.1) is 17.2 Å². The lowest BCUT2D eigenvalue weighted by atomic mass is 9.66. The number of fused-ring (bicyclic) bond motifs is 10. The van der Waals surface area contributed by atoms with Crippen molar-refractivity contribution in [2.75, 3.05) is 0 Å². The average Bonchev–Trinajstić information content (AvgIpc) is 3.60. The maximum atomic E-state index is 6.60. The smallest absolute Gasteiger partial charge is 0.134 e. The molecule has 3 heteroatoms. The summed E-state index contributed by atoms with van der Waals surface area (Å²) in [6, 6.07) is 76.4. The number of aliphatic imine (C=N–C) groups is 1. The summed E-state index contributed by atoms with van der Waals surface area (Å²) < 4.78 is 6.60. The number of para-hydroxylation sites is 2. The Kier molecular flexibility index (Phi) is 7.82. The summed E-state index contributed by atoms with van der Waals surface area (Å²) in [6.07, 6.45) is 2.24. The van der Waals surface area contributed by atoms with Crippen molar-refractivity contribution in [3.05, 3.63) is 257 Å². The van der Waals surface area contributed by atoms with Gasteiger partial charge in [0.1, 0.15) is 17.3 Å². The Hall–Kier alpha value is -7.75. The Balaban J connectivity index is 0.955. The second kappa shape index (κ2) is 13.7. The first kappa shape index (κ1) is 34.3. The van der Waals surface area contributed by atoms with Crippen molar-refractivity contribution in [3.8, 4) is 44.9 Å². The first-order chi connectivity index (χ1) is 29.7. The average molecular weight is 767 g/mol. The molecule has 3 nitrogen and oxygen atoms in total. The lowest BCUT2D eigenvalue weighted by Gasteiger charge is -2.39. The Morgan fingerprint density at radius 2 is 0.917 bits per heavy atom. The van der Waals surface area contributed by atoms with Crippen LogP contribution in [0.4, 0.5) is 0 Å². The van der Waals surface area contributed by atoms with Gasteiger partial charge in [0.15, 0.2) is 0 Å². The highest BCUT2D eigenvalue weighted by Crippen LogP contribution is 2.62. The molecule has 282 valence electrons. The minimum absolute atomic E-state index is 0.0252. The number of benzene rings is 9. The fourth-order valence-corrected chi connectivity index (χ4v) is 9.74. The molecular formula is C57H38N2O. The maximum absolute atomic E-state index is 6.60. The van der Waals surface area contributed by atoms with Crippen LogP contribution in [0.2, 0.25) is 0 Å². The first-order valence-corrected chi connectivity index (χ1v) is 20.6. The van der Waals surface area contributed by atoms with E-state index in [9.17, 15) is 0 Å². The van der Waals surface area contributed by atoms with Crippen LogP contribution < -0.4 is 10.1 Å². The van der Waals surface area contributed by atoms with Crippen LogP contribution in [0, 0.1) is 0 Å². The van der Waals surface area contributed by atoms with Gasteiger partial charge in [-0.3, -0.25) is 0 Å². The molecule has 9 aromatic carbocycles. The van der Waals surface area contributed by atoms with Gasteiger partial charge in [-0.2, -0.15) is 0 Å². The van der Waals surface area contributed by atoms with Crippen molar-refractivity contribution in [3.63, 3.8) is 0 Å². The van der Waals surface area contributed by atoms with Gasteiger partial charge in [-0.15, -0.1) is 0 Å². The fourth-order valence-electron chi connectivity index (χ4n) is 9.74. The van der Waals surface area contributed by atoms with Gasteiger partial charge in [0, 0.05) is 16.7 Å². The molecule has 1 unspecified atom stereocenters. The highest BCUT2D eigenvalue weighted by molar-refractivity contribution is 6.04. The van der Waals surface area contributed by atoms with Gasteiger partial charge >= 0.3 is 0 Å². The quantitative estimate of drug-likeness (QED) is 0.189. The predicted molar refractivity (Wildman–Crippen MR) is 245 cm³/mol. The van der Waals surface area contributed by atoms with Crippen LogP contribution >= 0.6 is 0 Å². The molecule has 0 saturated carbocycles. The largest absolute Gasteiger partial charge is 0.457 e. The molecule has 1 spiro atoms. The third kappa shape index (κ3) is 5.40. The summed E-state index contributed by atoms with van der Waals surface area (Å²) >= 11 is 0. The van der Waals surface area contributed by atoms with E-state index in [1.54, 1.807) is 0 Å². The van der Waals surface area contributed by atoms with Crippen molar-refractivity contribution in [1.82, 2.24) is 5.32 Å². The number of nitrogens with zero attached hydrogens (tertiary/aromatic N) is 1. The Morgan fingerprint density at radius 1 is 0.400 bits per heavy atom. The lowest BCUT2D eigenvalue weighted by Crippen LogP contribution is -2.32. The van der Waals surface area contributed by atoms with Gasteiger partial charge in [0.25, 0.3) is 0 Å². The fraction of sp³-hybridized carbons (Fsp3) is 0.0351. The molecule has 0 amide bonds. The number of hydrogen-bond donors (Lipinski definition) is 1. The zero-order valence-electron chi connectivity index (χ0n) is 32.7. The summed E-state index contributed by atoms with van der Waals surface area (Å²) in [5, 5.41) is 6.20. The molecule has 0 radical (unpaired) electrons. The molecule has 0 fully saturated rings. The normalized spacial score (nSPS) is 15.4. The van der Waals surface area contributed by atoms with E-state index in [0.717, 1.165) is 39.7 Å². The number of nitrogens with one attached hydrogen (secondary N) is 1. The molecule has 2 aliphatic heterocycles. The Bertz CT molecular complexity index is 3140. The molecule has 0 aromatic heterocycles. The van der Waals surface area contributed by atoms with Gasteiger partial charge in [-0.1, -0.05) is 182 Å². The number of amidine groups is 1. The zero-order valence-corrected chi connectivity index (χ0v) is 32.7. The third-order valence-electron chi connectivity index (χ3n) is 12.6. The Morgan fingerprint density at radius 3 is 1.62 bits per heavy atom. The van der Waals surface area contributed by atoms with E-state index in [2.05, 4.69) is 224 Å². The molecule has 0 saturated heterocycles. The molecule has 60 heavy (non-hydrogen) atoms. The van der Waals surface area contributed by atoms with Crippen molar-refractivity contribution in [2.45, 2.75) is 11.5 Å². The van der Waals surface area contributed by atoms with Crippen molar-refractivity contribution in [1.29, 1.82) is 0 Å². The van der Waals surface area contributed by atoms with E-state index in [0.29, 0.717) is 0 Å². The molecule has 9 aromatic rings. The number of ether oxygens (including phenoxy) is 1. The second-order valence-electron chi connectivity index (χ2n) is 15.9. The number of hydrogen-bond acceptors (Lipinski definition) is 3. The zero-order chi connectivity index (χ0) is 39.6. The Labute approximate surface area is 349 Å². The van der Waals surface area contributed by atoms with Crippen LogP contribution in [0.25, 0.3) is 49.9 Å². The second-order valence-corrected chi connectivity index (χ2v) is 15.9. The monoisotopic (exact) mass is 766 g/mol. The SMILES string of the molecule is C1=C(c2ccc(-c3ccc4c(c3)-c3cc5ccccc5cc3C43c4ccccc4Oc4ccccc43)cc2)N=C(c2ccc(-c3ccccc3)cc2)NC1c1ccccc1. The standard InChI is InChI=1S/C57H38N2O/c1-3-13-37(14-4-1)38-25-29-42(30-26-38)56-58-52(40-15-5-2-6-16-40)36-53(59-56)41-27-23-39(24-28-41)45-31-32-48-46(34-45)47-33-43-17-7-8-18-44(43)35-51(47)57(48)49-19-9-11-21-54(49)60-55-22-12-10-20-50(55)57/h1-36,52H,(H,58,59). The first-order valence-electron chi connectivity index (χ1n) is 20.6. The van der Waals surface area contributed by atoms with Gasteiger partial charge < -0.3 is 10.1 Å². The highest BCUT2D eigenvalue weighted by atomic mass is 16.5. The molecule has 2 heterocycles. The van der Waals surface area contributed by atoms with Crippen LogP contribution in [-0.2, 0) is 5.41 Å². The number of rotatable bonds is 5. The van der Waals surface area contributed by atoms with E-state index >= 15 is 0 Å². The molecule has 1 atom stereocenters. The highest BCUT2D eigenvalue weighted by Gasteiger charge is 2.51. The van der Waals surface area contributed by atoms with Crippen LogP contribution in [0.1, 0.15) is 45.0 Å². The van der Waals surface area contributed by atoms with Crippen LogP contribution in [0.3, 0.4) is 0 Å². The summed E-state index contributed by atoms with van der Waals surface area (Å²) in [4.78, 5) is 5.24. The summed E-state index contributed by atoms with van der Waals surface area (Å²) in [7, 11) is 0. The molecule has 3 aliphatic rings. The van der Waals surface area contributed by atoms with Crippen molar-refractivity contribution in [2.24, 2.45) is 4.99 Å². The van der Waals surface area contributed by atoms with Gasteiger partial charge in [-0.05, 0) is 103 Å². The molecule has 1 aliphatic carbocycles. The van der Waals surface area contributed by atoms with E-state index in [1.165, 1.54) is 66.4 Å². The summed E-state index contributed by atoms with van der Waals surface area (Å²) in [5.74, 6) is 2.67. The van der Waals surface area contributed by atoms with E-state index in [4.69, 9.17) is 9.73 Å². The maximum Gasteiger partial charge on any atom is 0.134 e. The third-order valence-corrected chi connectivity index (χ3v) is 12.6. The van der Waals surface area contributed by atoms with Crippen LogP contribution in [-0.4, -0.2) is 5.84 Å². The van der Waals surface area contributed by atoms with E-state index < -0.39 is 5.41 Å². The van der Waals surface area contributed by atoms with Gasteiger partial charge in [-0.25, -0.2) is 4.99 Å². The minimum Gasteiger partial charge on any atom is -0.457 e. The molecular weight excluding hydrogens is 729 g/mol. The topological polar surface area (TPSA) is 33.6 Å². The van der Waals surface area contributed by atoms with E-state index in [1.807, 2.05) is 0 Å². The molecule has 0 bridgehead atoms. The molecule has 12 rings (SSSR count). The van der Waals surface area contributed by atoms with E-state index in [-0.39, 0.29) is 6.04 Å².